The lowest BCUT2D eigenvalue weighted by molar-refractivity contribution is 0.187. The van der Waals surface area contributed by atoms with Crippen LogP contribution in [-0.4, -0.2) is 34.6 Å². The van der Waals surface area contributed by atoms with Gasteiger partial charge in [0.15, 0.2) is 0 Å². The van der Waals surface area contributed by atoms with Crippen LogP contribution in [0.25, 0.3) is 0 Å². The number of hydrogen-bond acceptors (Lipinski definition) is 5. The van der Waals surface area contributed by atoms with E-state index < -0.39 is 26.4 Å². The Hall–Kier alpha value is -0.180. The minimum Gasteiger partial charge on any atom is -0.250 e. The van der Waals surface area contributed by atoms with Crippen LogP contribution in [0.4, 0.5) is 0 Å². The first-order chi connectivity index (χ1) is 6.78. The zero-order chi connectivity index (χ0) is 11.3. The summed E-state index contributed by atoms with van der Waals surface area (Å²) in [5, 5.41) is -0.342. The van der Waals surface area contributed by atoms with Crippen molar-refractivity contribution in [2.24, 2.45) is 5.92 Å². The third kappa shape index (κ3) is 3.16. The Morgan fingerprint density at radius 3 is 2.50 bits per heavy atom. The number of fused-ring (bicyclic) bond motifs is 1. The van der Waals surface area contributed by atoms with E-state index in [4.69, 9.17) is 0 Å². The first-order valence-electron chi connectivity index (χ1n) is 4.67. The molecule has 8 heteroatoms. The van der Waals surface area contributed by atoms with Gasteiger partial charge in [-0.05, 0) is 25.2 Å². The molecule has 2 fully saturated rings. The van der Waals surface area contributed by atoms with Gasteiger partial charge in [-0.2, -0.15) is 13.1 Å². The highest BCUT2D eigenvalue weighted by molar-refractivity contribution is 7.90. The molecular formula is C8H17NO5S2. The van der Waals surface area contributed by atoms with Crippen molar-refractivity contribution >= 4 is 20.1 Å². The fourth-order valence-corrected chi connectivity index (χ4v) is 4.36. The van der Waals surface area contributed by atoms with Gasteiger partial charge in [-0.15, -0.1) is 0 Å². The summed E-state index contributed by atoms with van der Waals surface area (Å²) in [4.78, 5) is 0. The van der Waals surface area contributed by atoms with Gasteiger partial charge in [0.1, 0.15) is 6.23 Å². The van der Waals surface area contributed by atoms with E-state index in [0.29, 0.717) is 19.3 Å². The quantitative estimate of drug-likeness (QED) is 0.715. The van der Waals surface area contributed by atoms with Crippen molar-refractivity contribution in [3.05, 3.63) is 0 Å². The molecule has 0 aromatic heterocycles. The van der Waals surface area contributed by atoms with Crippen molar-refractivity contribution in [3.63, 3.8) is 0 Å². The summed E-state index contributed by atoms with van der Waals surface area (Å²) in [5.74, 6) is 0.177. The van der Waals surface area contributed by atoms with Crippen LogP contribution in [0, 0.1) is 5.92 Å². The monoisotopic (exact) mass is 271 g/mol. The van der Waals surface area contributed by atoms with Gasteiger partial charge in [-0.1, -0.05) is 7.43 Å². The average Bonchev–Trinajstić information content (AvgIpc) is 2.73. The molecule has 2 rings (SSSR count). The van der Waals surface area contributed by atoms with Gasteiger partial charge in [0.2, 0.25) is 10.0 Å². The van der Waals surface area contributed by atoms with Crippen LogP contribution in [0.1, 0.15) is 26.7 Å². The maximum atomic E-state index is 11.6. The molecule has 1 saturated heterocycles. The molecule has 2 aliphatic rings. The van der Waals surface area contributed by atoms with Crippen molar-refractivity contribution < 1.29 is 21.0 Å². The van der Waals surface area contributed by atoms with Crippen molar-refractivity contribution in [1.29, 1.82) is 0 Å². The first kappa shape index (κ1) is 13.9. The molecule has 0 bridgehead atoms. The second-order valence-electron chi connectivity index (χ2n) is 4.06. The van der Waals surface area contributed by atoms with E-state index in [-0.39, 0.29) is 18.6 Å². The van der Waals surface area contributed by atoms with Gasteiger partial charge in [-0.3, -0.25) is 4.18 Å². The van der Waals surface area contributed by atoms with Crippen LogP contribution in [-0.2, 0) is 24.3 Å². The molecule has 6 nitrogen and oxygen atoms in total. The molecule has 1 aliphatic heterocycles. The molecule has 96 valence electrons. The number of hydrogen-bond donors (Lipinski definition) is 1. The predicted octanol–water partition coefficient (Wildman–Crippen LogP) is 0.0265. The predicted molar refractivity (Wildman–Crippen MR) is 59.6 cm³/mol. The van der Waals surface area contributed by atoms with Crippen LogP contribution < -0.4 is 4.72 Å². The molecule has 16 heavy (non-hydrogen) atoms. The largest absolute Gasteiger partial charge is 0.265 e. The van der Waals surface area contributed by atoms with Crippen LogP contribution >= 0.6 is 0 Å². The topological polar surface area (TPSA) is 89.5 Å². The second kappa shape index (κ2) is 4.25. The molecule has 0 amide bonds. The van der Waals surface area contributed by atoms with Gasteiger partial charge in [0.05, 0.1) is 11.5 Å². The second-order valence-corrected chi connectivity index (χ2v) is 7.60. The van der Waals surface area contributed by atoms with Gasteiger partial charge in [-0.25, -0.2) is 8.42 Å². The zero-order valence-corrected chi connectivity index (χ0v) is 9.84. The molecule has 0 aromatic rings. The Morgan fingerprint density at radius 2 is 1.94 bits per heavy atom. The van der Waals surface area contributed by atoms with Crippen molar-refractivity contribution in [3.8, 4) is 0 Å². The van der Waals surface area contributed by atoms with Gasteiger partial charge >= 0.3 is 0 Å². The lowest BCUT2D eigenvalue weighted by Crippen LogP contribution is -2.38. The number of nitrogens with one attached hydrogen (secondary N) is 1. The molecular weight excluding hydrogens is 254 g/mol. The van der Waals surface area contributed by atoms with E-state index in [0.717, 1.165) is 6.26 Å². The Bertz CT molecular complexity index is 455. The summed E-state index contributed by atoms with van der Waals surface area (Å²) < 4.78 is 51.7. The molecule has 0 spiro atoms. The maximum absolute atomic E-state index is 11.6. The summed E-state index contributed by atoms with van der Waals surface area (Å²) in [6.07, 6.45) is 1.76. The molecule has 1 saturated carbocycles. The molecule has 0 radical (unpaired) electrons. The fourth-order valence-electron chi connectivity index (χ4n) is 1.88. The zero-order valence-electron chi connectivity index (χ0n) is 8.21. The SMILES string of the molecule is C.CS(=O)(=O)OC1CCC2CC2S(=O)(=O)N1. The lowest BCUT2D eigenvalue weighted by atomic mass is 10.2. The van der Waals surface area contributed by atoms with Gasteiger partial charge < -0.3 is 0 Å². The summed E-state index contributed by atoms with van der Waals surface area (Å²) >= 11 is 0. The Labute approximate surface area is 96.5 Å². The first-order valence-corrected chi connectivity index (χ1v) is 8.03. The smallest absolute Gasteiger partial charge is 0.250 e. The number of sulfonamides is 1. The molecule has 0 aromatic carbocycles. The highest BCUT2D eigenvalue weighted by Crippen LogP contribution is 2.42. The maximum Gasteiger partial charge on any atom is 0.265 e. The van der Waals surface area contributed by atoms with Crippen LogP contribution in [0.15, 0.2) is 0 Å². The lowest BCUT2D eigenvalue weighted by Gasteiger charge is -2.15. The van der Waals surface area contributed by atoms with E-state index >= 15 is 0 Å². The normalized spacial score (nSPS) is 36.7. The van der Waals surface area contributed by atoms with Gasteiger partial charge in [0.25, 0.3) is 10.1 Å². The van der Waals surface area contributed by atoms with E-state index in [2.05, 4.69) is 8.91 Å². The Balaban J connectivity index is 0.00000128. The highest BCUT2D eigenvalue weighted by Gasteiger charge is 2.50. The van der Waals surface area contributed by atoms with Crippen molar-refractivity contribution in [2.45, 2.75) is 38.2 Å². The summed E-state index contributed by atoms with van der Waals surface area (Å²) in [5.41, 5.74) is 0. The van der Waals surface area contributed by atoms with E-state index in [9.17, 15) is 16.8 Å². The Kier molecular flexibility index (Phi) is 3.68. The van der Waals surface area contributed by atoms with Crippen molar-refractivity contribution in [2.75, 3.05) is 6.26 Å². The highest BCUT2D eigenvalue weighted by atomic mass is 32.2. The van der Waals surface area contributed by atoms with Crippen LogP contribution in [0.3, 0.4) is 0 Å². The van der Waals surface area contributed by atoms with Crippen molar-refractivity contribution in [1.82, 2.24) is 4.72 Å². The third-order valence-corrected chi connectivity index (χ3v) is 5.19. The third-order valence-electron chi connectivity index (χ3n) is 2.64. The summed E-state index contributed by atoms with van der Waals surface area (Å²) in [7, 11) is -7.00. The fraction of sp³-hybridized carbons (Fsp3) is 1.00. The Morgan fingerprint density at radius 1 is 1.31 bits per heavy atom. The molecule has 3 atom stereocenters. The van der Waals surface area contributed by atoms with Gasteiger partial charge in [0, 0.05) is 0 Å². The minimum absolute atomic E-state index is 0. The van der Waals surface area contributed by atoms with Crippen LogP contribution in [0.5, 0.6) is 0 Å². The van der Waals surface area contributed by atoms with E-state index in [1.54, 1.807) is 0 Å². The van der Waals surface area contributed by atoms with Crippen LogP contribution in [0.2, 0.25) is 0 Å². The standard InChI is InChI=1S/C7H13NO5S2.CH4/c1-14(9,10)13-7-3-2-5-4-6(5)15(11,12)8-7;/h5-8H,2-4H2,1H3;1H4. The minimum atomic E-state index is -3.62. The molecule has 1 heterocycles. The molecule has 1 N–H and O–H groups in total. The summed E-state index contributed by atoms with van der Waals surface area (Å²) in [6.45, 7) is 0. The summed E-state index contributed by atoms with van der Waals surface area (Å²) in [6, 6.07) is 0. The molecule has 3 unspecified atom stereocenters. The molecule has 1 aliphatic carbocycles. The number of rotatable bonds is 2. The van der Waals surface area contributed by atoms with E-state index in [1.807, 2.05) is 0 Å². The van der Waals surface area contributed by atoms with E-state index in [1.165, 1.54) is 0 Å². The average molecular weight is 271 g/mol.